The van der Waals surface area contributed by atoms with Crippen LogP contribution in [-0.2, 0) is 24.3 Å². The van der Waals surface area contributed by atoms with Gasteiger partial charge in [-0.05, 0) is 18.0 Å². The molecule has 1 aromatic carbocycles. The van der Waals surface area contributed by atoms with Gasteiger partial charge in [0, 0.05) is 16.0 Å². The van der Waals surface area contributed by atoms with Crippen LogP contribution in [0.1, 0.15) is 12.5 Å². The van der Waals surface area contributed by atoms with Gasteiger partial charge in [-0.3, -0.25) is 5.10 Å². The fourth-order valence-corrected chi connectivity index (χ4v) is 1.77. The number of hydrogen-bond acceptors (Lipinski definition) is 3. The number of carbonyl (C=O) groups excluding carboxylic acids is 1. The molecule has 0 aliphatic rings. The third-order valence-corrected chi connectivity index (χ3v) is 2.61. The minimum atomic E-state index is -0.583. The Morgan fingerprint density at radius 3 is 2.57 bits per heavy atom. The van der Waals surface area contributed by atoms with Crippen LogP contribution in [0.5, 0.6) is 5.75 Å². The summed E-state index contributed by atoms with van der Waals surface area (Å²) in [7, 11) is 0. The molecule has 1 heterocycles. The summed E-state index contributed by atoms with van der Waals surface area (Å²) in [4.78, 5) is 13.1. The molecule has 0 saturated carbocycles. The van der Waals surface area contributed by atoms with Crippen molar-refractivity contribution >= 4 is 41.2 Å². The van der Waals surface area contributed by atoms with Gasteiger partial charge in [0.25, 0.3) is 5.75 Å². The zero-order chi connectivity index (χ0) is 16.5. The molecule has 23 heavy (non-hydrogen) atoms. The summed E-state index contributed by atoms with van der Waals surface area (Å²) in [6.45, 7) is 1.19. The average molecular weight is 409 g/mol. The number of hydrogen-bond donors (Lipinski definition) is 0. The van der Waals surface area contributed by atoms with E-state index in [4.69, 9.17) is 38.2 Å². The van der Waals surface area contributed by atoms with E-state index in [1.54, 1.807) is 24.4 Å². The topological polar surface area (TPSA) is 102 Å². The van der Waals surface area contributed by atoms with Gasteiger partial charge in [-0.15, -0.1) is 0 Å². The Labute approximate surface area is 155 Å². The van der Waals surface area contributed by atoms with E-state index in [0.29, 0.717) is 16.4 Å². The molecule has 0 atom stereocenters. The van der Waals surface area contributed by atoms with Crippen molar-refractivity contribution in [1.82, 2.24) is 4.98 Å². The molecule has 116 valence electrons. The van der Waals surface area contributed by atoms with Gasteiger partial charge in [0.2, 0.25) is 0 Å². The normalized spacial score (nSPS) is 9.52. The quantitative estimate of drug-likeness (QED) is 0.337. The van der Waals surface area contributed by atoms with Crippen molar-refractivity contribution in [1.29, 1.82) is 0 Å². The summed E-state index contributed by atoms with van der Waals surface area (Å²) in [5.41, 5.74) is 4.40. The van der Waals surface area contributed by atoms with E-state index in [-0.39, 0.29) is 30.3 Å². The van der Waals surface area contributed by atoms with E-state index >= 15 is 0 Å². The van der Waals surface area contributed by atoms with Crippen LogP contribution < -0.4 is 0 Å². The molecule has 4 N–H and O–H groups in total. The van der Waals surface area contributed by atoms with Crippen molar-refractivity contribution in [2.45, 2.75) is 6.92 Å². The Balaban J connectivity index is 0.000000871. The van der Waals surface area contributed by atoms with E-state index in [2.05, 4.69) is 15.5 Å². The first kappa shape index (κ1) is 21.3. The molecule has 0 saturated heterocycles. The molecule has 0 aliphatic heterocycles. The number of halogens is 2. The Kier molecular flexibility index (Phi) is 10.1. The van der Waals surface area contributed by atoms with Gasteiger partial charge in [0.05, 0.1) is 12.5 Å². The van der Waals surface area contributed by atoms with Gasteiger partial charge < -0.3 is 20.6 Å². The summed E-state index contributed by atoms with van der Waals surface area (Å²) in [6.07, 6.45) is 3.05. The number of aromatic nitrogens is 1. The number of benzene rings is 1. The molecule has 0 fully saturated rings. The van der Waals surface area contributed by atoms with Gasteiger partial charge in [-0.25, -0.2) is 0 Å². The van der Waals surface area contributed by atoms with Crippen LogP contribution in [0, 0.1) is 0 Å². The molecule has 0 radical (unpaired) electrons. The van der Waals surface area contributed by atoms with Crippen molar-refractivity contribution in [3.63, 3.8) is 0 Å². The molecule has 2 aromatic rings. The standard InChI is InChI=1S/C12H8Cl2N3O.C2H4O2.Zn/c13-9-5-8(12(18)10(14)6-9)7-16-17-11-3-1-2-4-15-11;1-2(3)4;/h1-7H,(H-,15,16,17,18);1H3,(H,3,4);/q-1;;+2/p+2. The summed E-state index contributed by atoms with van der Waals surface area (Å²) in [5.74, 6) is 0.0782. The van der Waals surface area contributed by atoms with E-state index in [9.17, 15) is 0 Å². The fraction of sp³-hybridized carbons (Fsp3) is 0.0714. The molecule has 0 amide bonds. The van der Waals surface area contributed by atoms with Gasteiger partial charge in [-0.2, -0.15) is 0 Å². The molecule has 0 unspecified atom stereocenters. The first-order valence-electron chi connectivity index (χ1n) is 5.98. The number of pyridine rings is 1. The summed E-state index contributed by atoms with van der Waals surface area (Å²) in [5, 5.41) is 18.3. The molecule has 0 aliphatic carbocycles. The molecule has 0 bridgehead atoms. The molecule has 6 nitrogen and oxygen atoms in total. The van der Waals surface area contributed by atoms with Crippen molar-refractivity contribution in [3.05, 3.63) is 57.6 Å². The second-order valence-electron chi connectivity index (χ2n) is 3.94. The summed E-state index contributed by atoms with van der Waals surface area (Å²) < 4.78 is 0. The zero-order valence-corrected chi connectivity index (χ0v) is 16.7. The molecular weight excluding hydrogens is 394 g/mol. The summed E-state index contributed by atoms with van der Waals surface area (Å²) in [6, 6.07) is 8.45. The van der Waals surface area contributed by atoms with Gasteiger partial charge in [0.15, 0.2) is 0 Å². The molecule has 1 aromatic heterocycles. The maximum atomic E-state index is 9.11. The van der Waals surface area contributed by atoms with E-state index in [0.717, 1.165) is 0 Å². The van der Waals surface area contributed by atoms with E-state index < -0.39 is 5.97 Å². The Hall–Kier alpha value is -1.69. The molecule has 2 rings (SSSR count). The van der Waals surface area contributed by atoms with Crippen LogP contribution in [0.15, 0.2) is 41.6 Å². The minimum absolute atomic E-state index is 0. The third kappa shape index (κ3) is 8.50. The molecular formula is C14H14Cl2N3O3Zn+3. The van der Waals surface area contributed by atoms with Crippen LogP contribution in [0.4, 0.5) is 5.82 Å². The summed E-state index contributed by atoms with van der Waals surface area (Å²) >= 11 is 11.7. The van der Waals surface area contributed by atoms with E-state index in [1.807, 2.05) is 6.07 Å². The monoisotopic (exact) mass is 406 g/mol. The third-order valence-electron chi connectivity index (χ3n) is 2.09. The fourth-order valence-electron chi connectivity index (χ4n) is 1.26. The van der Waals surface area contributed by atoms with Gasteiger partial charge >= 0.3 is 25.4 Å². The Morgan fingerprint density at radius 2 is 2.00 bits per heavy atom. The van der Waals surface area contributed by atoms with Crippen LogP contribution in [0.25, 0.3) is 5.43 Å². The largest absolute Gasteiger partial charge is 2.00 e. The minimum Gasteiger partial charge on any atom is -0.592 e. The second-order valence-corrected chi connectivity index (χ2v) is 4.78. The smallest absolute Gasteiger partial charge is 0.592 e. The van der Waals surface area contributed by atoms with Crippen molar-refractivity contribution in [2.75, 3.05) is 0 Å². The first-order valence-corrected chi connectivity index (χ1v) is 6.73. The van der Waals surface area contributed by atoms with Gasteiger partial charge in [0.1, 0.15) is 5.02 Å². The predicted octanol–water partition coefficient (Wildman–Crippen LogP) is 3.12. The Morgan fingerprint density at radius 1 is 1.35 bits per heavy atom. The predicted molar refractivity (Wildman–Crippen MR) is 88.7 cm³/mol. The SMILES string of the molecule is CC(=O)[OH2+].[OH2+]c1c(Cl)cc(Cl)cc1C=N[N-]c1ccccn1.[Zn+2]. The van der Waals surface area contributed by atoms with Crippen LogP contribution in [0.2, 0.25) is 10.0 Å². The van der Waals surface area contributed by atoms with Crippen LogP contribution in [0.3, 0.4) is 0 Å². The second kappa shape index (κ2) is 10.9. The van der Waals surface area contributed by atoms with Crippen LogP contribution >= 0.6 is 23.2 Å². The zero-order valence-electron chi connectivity index (χ0n) is 12.3. The maximum absolute atomic E-state index is 9.11. The van der Waals surface area contributed by atoms with Gasteiger partial charge in [-0.1, -0.05) is 47.6 Å². The van der Waals surface area contributed by atoms with Crippen molar-refractivity contribution in [3.8, 4) is 5.75 Å². The number of carbonyl (C=O) groups is 1. The first-order chi connectivity index (χ1) is 10.4. The maximum Gasteiger partial charge on any atom is 2.00 e. The molecule has 9 heteroatoms. The average Bonchev–Trinajstić information content (AvgIpc) is 2.44. The number of nitrogens with zero attached hydrogens (tertiary/aromatic N) is 3. The van der Waals surface area contributed by atoms with Crippen LogP contribution in [-0.4, -0.2) is 27.4 Å². The molecule has 0 spiro atoms. The van der Waals surface area contributed by atoms with Crippen molar-refractivity contribution < 1.29 is 34.5 Å². The Bertz CT molecular complexity index is 666. The van der Waals surface area contributed by atoms with E-state index in [1.165, 1.54) is 19.2 Å². The number of rotatable bonds is 3. The van der Waals surface area contributed by atoms with Crippen molar-refractivity contribution in [2.24, 2.45) is 5.10 Å².